The number of benzene rings is 1. The van der Waals surface area contributed by atoms with Crippen molar-refractivity contribution in [2.24, 2.45) is 0 Å². The molecule has 0 spiro atoms. The summed E-state index contributed by atoms with van der Waals surface area (Å²) in [6, 6.07) is 12.2. The Balaban J connectivity index is 1.92. The predicted octanol–water partition coefficient (Wildman–Crippen LogP) is 2.21. The number of hydrogen-bond acceptors (Lipinski definition) is 5. The molecule has 0 saturated carbocycles. The van der Waals surface area contributed by atoms with Gasteiger partial charge in [-0.1, -0.05) is 0 Å². The maximum Gasteiger partial charge on any atom is 0.260 e. The van der Waals surface area contributed by atoms with E-state index in [-0.39, 0.29) is 12.5 Å². The summed E-state index contributed by atoms with van der Waals surface area (Å²) in [5.41, 5.74) is 0.545. The van der Waals surface area contributed by atoms with Gasteiger partial charge in [0.2, 0.25) is 0 Å². The quantitative estimate of drug-likeness (QED) is 0.746. The van der Waals surface area contributed by atoms with E-state index < -0.39 is 0 Å². The van der Waals surface area contributed by atoms with Crippen LogP contribution < -0.4 is 4.74 Å². The van der Waals surface area contributed by atoms with Gasteiger partial charge >= 0.3 is 0 Å². The fraction of sp³-hybridized carbons (Fsp3) is 0.294. The maximum atomic E-state index is 12.3. The molecule has 1 aromatic heterocycles. The number of hydrogen-bond donors (Lipinski definition) is 0. The van der Waals surface area contributed by atoms with Gasteiger partial charge in [0.25, 0.3) is 5.91 Å². The SMILES string of the molecule is COCCN(Cc1ccco1)C(=O)COc1ccc(C#N)cc1. The number of rotatable bonds is 8. The Morgan fingerprint density at radius 1 is 1.30 bits per heavy atom. The highest BCUT2D eigenvalue weighted by Crippen LogP contribution is 2.12. The lowest BCUT2D eigenvalue weighted by atomic mass is 10.2. The van der Waals surface area contributed by atoms with Gasteiger partial charge in [-0.05, 0) is 36.4 Å². The number of carbonyl (C=O) groups is 1. The fourth-order valence-electron chi connectivity index (χ4n) is 1.95. The lowest BCUT2D eigenvalue weighted by molar-refractivity contribution is -0.134. The van der Waals surface area contributed by atoms with Crippen molar-refractivity contribution in [1.29, 1.82) is 5.26 Å². The molecule has 0 aliphatic rings. The minimum atomic E-state index is -0.164. The zero-order valence-corrected chi connectivity index (χ0v) is 12.9. The number of nitriles is 1. The molecule has 0 atom stereocenters. The van der Waals surface area contributed by atoms with Crippen molar-refractivity contribution in [3.05, 3.63) is 54.0 Å². The van der Waals surface area contributed by atoms with Crippen LogP contribution in [0.4, 0.5) is 0 Å². The lowest BCUT2D eigenvalue weighted by Crippen LogP contribution is -2.36. The van der Waals surface area contributed by atoms with Gasteiger partial charge in [0, 0.05) is 13.7 Å². The van der Waals surface area contributed by atoms with Gasteiger partial charge in [-0.15, -0.1) is 0 Å². The first kappa shape index (κ1) is 16.6. The van der Waals surface area contributed by atoms with Gasteiger partial charge in [0.15, 0.2) is 6.61 Å². The van der Waals surface area contributed by atoms with Crippen molar-refractivity contribution in [1.82, 2.24) is 4.90 Å². The normalized spacial score (nSPS) is 10.1. The molecule has 1 amide bonds. The van der Waals surface area contributed by atoms with Crippen molar-refractivity contribution in [3.63, 3.8) is 0 Å². The summed E-state index contributed by atoms with van der Waals surface area (Å²) in [5.74, 6) is 1.08. The number of nitrogens with zero attached hydrogens (tertiary/aromatic N) is 2. The molecule has 0 aliphatic heterocycles. The van der Waals surface area contributed by atoms with Crippen molar-refractivity contribution in [3.8, 4) is 11.8 Å². The van der Waals surface area contributed by atoms with E-state index in [0.29, 0.717) is 36.8 Å². The standard InChI is InChI=1S/C17H18N2O4/c1-21-10-8-19(12-16-3-2-9-22-16)17(20)13-23-15-6-4-14(11-18)5-7-15/h2-7,9H,8,10,12-13H2,1H3. The van der Waals surface area contributed by atoms with Crippen LogP contribution in [-0.2, 0) is 16.1 Å². The molecule has 0 saturated heterocycles. The molecular formula is C17H18N2O4. The van der Waals surface area contributed by atoms with Crippen molar-refractivity contribution in [2.45, 2.75) is 6.54 Å². The van der Waals surface area contributed by atoms with Crippen LogP contribution in [0.2, 0.25) is 0 Å². The van der Waals surface area contributed by atoms with Crippen LogP contribution in [-0.4, -0.2) is 37.7 Å². The smallest absolute Gasteiger partial charge is 0.260 e. The van der Waals surface area contributed by atoms with Crippen LogP contribution in [0.3, 0.4) is 0 Å². The summed E-state index contributed by atoms with van der Waals surface area (Å²) in [7, 11) is 1.59. The van der Waals surface area contributed by atoms with Crippen LogP contribution in [0, 0.1) is 11.3 Å². The lowest BCUT2D eigenvalue weighted by Gasteiger charge is -2.21. The van der Waals surface area contributed by atoms with Crippen LogP contribution in [0.15, 0.2) is 47.1 Å². The molecule has 0 aliphatic carbocycles. The molecule has 23 heavy (non-hydrogen) atoms. The average Bonchev–Trinajstić information content (AvgIpc) is 3.10. The highest BCUT2D eigenvalue weighted by molar-refractivity contribution is 5.77. The van der Waals surface area contributed by atoms with E-state index in [9.17, 15) is 4.79 Å². The minimum absolute atomic E-state index is 0.0870. The third kappa shape index (κ3) is 5.16. The Morgan fingerprint density at radius 2 is 2.09 bits per heavy atom. The van der Waals surface area contributed by atoms with Crippen molar-refractivity contribution >= 4 is 5.91 Å². The Hall–Kier alpha value is -2.78. The van der Waals surface area contributed by atoms with Gasteiger partial charge < -0.3 is 18.8 Å². The molecule has 0 unspecified atom stereocenters. The van der Waals surface area contributed by atoms with Gasteiger partial charge in [0.05, 0.1) is 31.0 Å². The number of carbonyl (C=O) groups excluding carboxylic acids is 1. The number of amides is 1. The van der Waals surface area contributed by atoms with Crippen LogP contribution in [0.25, 0.3) is 0 Å². The van der Waals surface area contributed by atoms with Crippen molar-refractivity contribution < 1.29 is 18.7 Å². The van der Waals surface area contributed by atoms with E-state index in [0.717, 1.165) is 0 Å². The Morgan fingerprint density at radius 3 is 2.70 bits per heavy atom. The van der Waals surface area contributed by atoms with E-state index in [1.165, 1.54) is 0 Å². The summed E-state index contributed by atoms with van der Waals surface area (Å²) in [5, 5.41) is 8.75. The monoisotopic (exact) mass is 314 g/mol. The Kier molecular flexibility index (Phi) is 6.21. The number of furan rings is 1. The first-order valence-electron chi connectivity index (χ1n) is 7.15. The summed E-state index contributed by atoms with van der Waals surface area (Å²) in [6.45, 7) is 1.17. The molecule has 6 nitrogen and oxygen atoms in total. The van der Waals surface area contributed by atoms with Crippen LogP contribution in [0.5, 0.6) is 5.75 Å². The Labute approximate surface area is 134 Å². The number of ether oxygens (including phenoxy) is 2. The van der Waals surface area contributed by atoms with E-state index >= 15 is 0 Å². The molecular weight excluding hydrogens is 296 g/mol. The average molecular weight is 314 g/mol. The first-order chi connectivity index (χ1) is 11.2. The van der Waals surface area contributed by atoms with Gasteiger partial charge in [-0.25, -0.2) is 0 Å². The summed E-state index contributed by atoms with van der Waals surface area (Å²) in [6.07, 6.45) is 1.57. The second kappa shape index (κ2) is 8.61. The first-order valence-corrected chi connectivity index (χ1v) is 7.15. The molecule has 2 rings (SSSR count). The molecule has 0 fully saturated rings. The van der Waals surface area contributed by atoms with Gasteiger partial charge in [-0.3, -0.25) is 4.79 Å². The molecule has 6 heteroatoms. The Bertz CT molecular complexity index is 644. The molecule has 1 aromatic carbocycles. The zero-order chi connectivity index (χ0) is 16.5. The minimum Gasteiger partial charge on any atom is -0.484 e. The van der Waals surface area contributed by atoms with Crippen LogP contribution >= 0.6 is 0 Å². The third-order valence-electron chi connectivity index (χ3n) is 3.19. The maximum absolute atomic E-state index is 12.3. The fourth-order valence-corrected chi connectivity index (χ4v) is 1.95. The van der Waals surface area contributed by atoms with E-state index in [1.807, 2.05) is 12.1 Å². The second-order valence-electron chi connectivity index (χ2n) is 4.81. The summed E-state index contributed by atoms with van der Waals surface area (Å²) >= 11 is 0. The summed E-state index contributed by atoms with van der Waals surface area (Å²) in [4.78, 5) is 13.9. The van der Waals surface area contributed by atoms with Crippen LogP contribution in [0.1, 0.15) is 11.3 Å². The number of methoxy groups -OCH3 is 1. The third-order valence-corrected chi connectivity index (χ3v) is 3.19. The topological polar surface area (TPSA) is 75.7 Å². The predicted molar refractivity (Wildman–Crippen MR) is 82.7 cm³/mol. The summed E-state index contributed by atoms with van der Waals surface area (Å²) < 4.78 is 15.8. The largest absolute Gasteiger partial charge is 0.484 e. The van der Waals surface area contributed by atoms with Gasteiger partial charge in [0.1, 0.15) is 11.5 Å². The highest BCUT2D eigenvalue weighted by Gasteiger charge is 2.16. The highest BCUT2D eigenvalue weighted by atomic mass is 16.5. The molecule has 0 radical (unpaired) electrons. The van der Waals surface area contributed by atoms with E-state index in [4.69, 9.17) is 19.2 Å². The molecule has 2 aromatic rings. The second-order valence-corrected chi connectivity index (χ2v) is 4.81. The molecule has 0 N–H and O–H groups in total. The molecule has 1 heterocycles. The van der Waals surface area contributed by atoms with Gasteiger partial charge in [-0.2, -0.15) is 5.26 Å². The van der Waals surface area contributed by atoms with E-state index in [1.54, 1.807) is 48.6 Å². The van der Waals surface area contributed by atoms with E-state index in [2.05, 4.69) is 0 Å². The zero-order valence-electron chi connectivity index (χ0n) is 12.9. The molecule has 0 bridgehead atoms. The molecule has 120 valence electrons. The van der Waals surface area contributed by atoms with Crippen molar-refractivity contribution in [2.75, 3.05) is 26.9 Å².